The fourth-order valence-electron chi connectivity index (χ4n) is 0.706. The number of nitrogens with one attached hydrogen (secondary N) is 1. The lowest BCUT2D eigenvalue weighted by atomic mass is 10.3. The summed E-state index contributed by atoms with van der Waals surface area (Å²) in [5.41, 5.74) is 1.78. The molecule has 0 aliphatic carbocycles. The third kappa shape index (κ3) is 3.03. The first kappa shape index (κ1) is 9.95. The zero-order chi connectivity index (χ0) is 8.85. The molecule has 1 rings (SSSR count). The molecule has 0 spiro atoms. The van der Waals surface area contributed by atoms with Crippen molar-refractivity contribution in [2.75, 3.05) is 0 Å². The summed E-state index contributed by atoms with van der Waals surface area (Å²) in [5, 5.41) is 0. The Balaban J connectivity index is 0.000000461. The molecule has 0 aliphatic rings. The number of Topliss-reactive ketones (excluding diaryl/α,β-unsaturated/α-hetero) is 1. The number of aromatic nitrogens is 1. The van der Waals surface area contributed by atoms with E-state index >= 15 is 0 Å². The molecule has 0 atom stereocenters. The molecule has 0 amide bonds. The van der Waals surface area contributed by atoms with E-state index in [9.17, 15) is 4.79 Å². The van der Waals surface area contributed by atoms with Crippen molar-refractivity contribution >= 4 is 5.78 Å². The summed E-state index contributed by atoms with van der Waals surface area (Å²) in [6.07, 6.45) is 1.82. The Hall–Kier alpha value is -1.05. The highest BCUT2D eigenvalue weighted by Crippen LogP contribution is 2.00. The van der Waals surface area contributed by atoms with Crippen molar-refractivity contribution < 1.29 is 4.79 Å². The van der Waals surface area contributed by atoms with Crippen LogP contribution in [0.5, 0.6) is 0 Å². The summed E-state index contributed by atoms with van der Waals surface area (Å²) in [6.45, 7) is 7.49. The second-order valence-electron chi connectivity index (χ2n) is 2.15. The Kier molecular flexibility index (Phi) is 4.27. The molecule has 0 aromatic carbocycles. The molecule has 1 N–H and O–H groups in total. The minimum atomic E-state index is 0.0862. The van der Waals surface area contributed by atoms with Crippen molar-refractivity contribution in [3.8, 4) is 0 Å². The monoisotopic (exact) mass is 153 g/mol. The molecule has 1 heterocycles. The highest BCUT2D eigenvalue weighted by molar-refractivity contribution is 5.92. The number of rotatable bonds is 1. The van der Waals surface area contributed by atoms with Crippen molar-refractivity contribution in [1.29, 1.82) is 0 Å². The maximum Gasteiger partial charge on any atom is 0.175 e. The smallest absolute Gasteiger partial charge is 0.175 e. The molecule has 0 unspecified atom stereocenters. The number of aromatic amines is 1. The van der Waals surface area contributed by atoms with Crippen LogP contribution in [0.3, 0.4) is 0 Å². The van der Waals surface area contributed by atoms with Crippen molar-refractivity contribution in [1.82, 2.24) is 4.98 Å². The first-order valence-corrected chi connectivity index (χ1v) is 3.86. The number of hydrogen-bond donors (Lipinski definition) is 1. The first-order valence-electron chi connectivity index (χ1n) is 3.86. The lowest BCUT2D eigenvalue weighted by Gasteiger charge is -1.82. The van der Waals surface area contributed by atoms with E-state index in [0.717, 1.165) is 5.56 Å². The maximum absolute atomic E-state index is 10.6. The van der Waals surface area contributed by atoms with Gasteiger partial charge in [0.1, 0.15) is 0 Å². The zero-order valence-corrected chi connectivity index (χ0v) is 7.56. The van der Waals surface area contributed by atoms with Gasteiger partial charge in [0.2, 0.25) is 0 Å². The van der Waals surface area contributed by atoms with Crippen molar-refractivity contribution in [3.63, 3.8) is 0 Å². The van der Waals surface area contributed by atoms with Crippen LogP contribution in [0.2, 0.25) is 0 Å². The number of carbonyl (C=O) groups is 1. The van der Waals surface area contributed by atoms with E-state index in [1.807, 2.05) is 33.0 Å². The Morgan fingerprint density at radius 3 is 2.18 bits per heavy atom. The summed E-state index contributed by atoms with van der Waals surface area (Å²) in [7, 11) is 0. The standard InChI is InChI=1S/C7H9NO.C2H6/c1-5-3-7(6(2)9)8-4-5;1-2/h3-4,8H,1-2H3;1-2H3. The minimum absolute atomic E-state index is 0.0862. The zero-order valence-electron chi connectivity index (χ0n) is 7.56. The fourth-order valence-corrected chi connectivity index (χ4v) is 0.706. The largest absolute Gasteiger partial charge is 0.359 e. The van der Waals surface area contributed by atoms with Gasteiger partial charge in [-0.3, -0.25) is 4.79 Å². The average molecular weight is 153 g/mol. The molecule has 1 aromatic rings. The van der Waals surface area contributed by atoms with Crippen LogP contribution in [0.25, 0.3) is 0 Å². The molecule has 2 heteroatoms. The van der Waals surface area contributed by atoms with E-state index in [-0.39, 0.29) is 5.78 Å². The molecule has 1 aromatic heterocycles. The lowest BCUT2D eigenvalue weighted by molar-refractivity contribution is 0.101. The molecule has 0 radical (unpaired) electrons. The van der Waals surface area contributed by atoms with Gasteiger partial charge in [-0.25, -0.2) is 0 Å². The van der Waals surface area contributed by atoms with Crippen LogP contribution in [-0.2, 0) is 0 Å². The minimum Gasteiger partial charge on any atom is -0.359 e. The number of H-pyrrole nitrogens is 1. The van der Waals surface area contributed by atoms with Gasteiger partial charge in [0.15, 0.2) is 5.78 Å². The van der Waals surface area contributed by atoms with Crippen molar-refractivity contribution in [3.05, 3.63) is 23.5 Å². The van der Waals surface area contributed by atoms with Gasteiger partial charge in [-0.2, -0.15) is 0 Å². The topological polar surface area (TPSA) is 32.9 Å². The lowest BCUT2D eigenvalue weighted by Crippen LogP contribution is -1.89. The quantitative estimate of drug-likeness (QED) is 0.618. The average Bonchev–Trinajstić information content (AvgIpc) is 2.40. The Labute approximate surface area is 67.6 Å². The van der Waals surface area contributed by atoms with E-state index in [1.54, 1.807) is 6.92 Å². The predicted molar refractivity (Wildman–Crippen MR) is 46.9 cm³/mol. The normalized spacial score (nSPS) is 8.36. The Morgan fingerprint density at radius 1 is 1.45 bits per heavy atom. The molecule has 2 nitrogen and oxygen atoms in total. The molecule has 62 valence electrons. The van der Waals surface area contributed by atoms with Crippen LogP contribution in [0.1, 0.15) is 36.8 Å². The SMILES string of the molecule is CC.CC(=O)c1cc(C)c[nH]1. The summed E-state index contributed by atoms with van der Waals surface area (Å²) in [5.74, 6) is 0.0862. The van der Waals surface area contributed by atoms with E-state index in [1.165, 1.54) is 0 Å². The van der Waals surface area contributed by atoms with Gasteiger partial charge >= 0.3 is 0 Å². The number of hydrogen-bond acceptors (Lipinski definition) is 1. The first-order chi connectivity index (χ1) is 5.20. The van der Waals surface area contributed by atoms with Crippen LogP contribution < -0.4 is 0 Å². The van der Waals surface area contributed by atoms with Crippen LogP contribution >= 0.6 is 0 Å². The van der Waals surface area contributed by atoms with Gasteiger partial charge in [-0.05, 0) is 18.6 Å². The summed E-state index contributed by atoms with van der Waals surface area (Å²) in [6, 6.07) is 1.84. The maximum atomic E-state index is 10.6. The van der Waals surface area contributed by atoms with Crippen LogP contribution in [0.4, 0.5) is 0 Å². The molecule has 0 fully saturated rings. The Morgan fingerprint density at radius 2 is 2.00 bits per heavy atom. The second-order valence-corrected chi connectivity index (χ2v) is 2.15. The Bertz CT molecular complexity index is 225. The number of carbonyl (C=O) groups excluding carboxylic acids is 1. The molecular formula is C9H15NO. The van der Waals surface area contributed by atoms with Crippen LogP contribution in [0.15, 0.2) is 12.3 Å². The van der Waals surface area contributed by atoms with Crippen molar-refractivity contribution in [2.45, 2.75) is 27.7 Å². The van der Waals surface area contributed by atoms with Crippen molar-refractivity contribution in [2.24, 2.45) is 0 Å². The van der Waals surface area contributed by atoms with E-state index in [2.05, 4.69) is 4.98 Å². The third-order valence-corrected chi connectivity index (χ3v) is 1.21. The number of aryl methyl sites for hydroxylation is 1. The second kappa shape index (κ2) is 4.72. The molecule has 0 bridgehead atoms. The van der Waals surface area contributed by atoms with E-state index in [4.69, 9.17) is 0 Å². The molecule has 0 saturated heterocycles. The highest BCUT2D eigenvalue weighted by Gasteiger charge is 1.98. The molecule has 11 heavy (non-hydrogen) atoms. The fraction of sp³-hybridized carbons (Fsp3) is 0.444. The molecule has 0 aliphatic heterocycles. The van der Waals surface area contributed by atoms with Gasteiger partial charge < -0.3 is 4.98 Å². The van der Waals surface area contributed by atoms with Crippen LogP contribution in [-0.4, -0.2) is 10.8 Å². The van der Waals surface area contributed by atoms with Gasteiger partial charge in [0.25, 0.3) is 0 Å². The van der Waals surface area contributed by atoms with Gasteiger partial charge in [-0.1, -0.05) is 13.8 Å². The van der Waals surface area contributed by atoms with Gasteiger partial charge in [0, 0.05) is 13.1 Å². The van der Waals surface area contributed by atoms with E-state index < -0.39 is 0 Å². The molecular weight excluding hydrogens is 138 g/mol. The summed E-state index contributed by atoms with van der Waals surface area (Å²) in [4.78, 5) is 13.5. The number of ketones is 1. The summed E-state index contributed by atoms with van der Waals surface area (Å²) < 4.78 is 0. The summed E-state index contributed by atoms with van der Waals surface area (Å²) >= 11 is 0. The van der Waals surface area contributed by atoms with Gasteiger partial charge in [-0.15, -0.1) is 0 Å². The highest BCUT2D eigenvalue weighted by atomic mass is 16.1. The van der Waals surface area contributed by atoms with Crippen LogP contribution in [0, 0.1) is 6.92 Å². The van der Waals surface area contributed by atoms with E-state index in [0.29, 0.717) is 5.69 Å². The molecule has 0 saturated carbocycles. The van der Waals surface area contributed by atoms with Gasteiger partial charge in [0.05, 0.1) is 5.69 Å². The predicted octanol–water partition coefficient (Wildman–Crippen LogP) is 2.55. The third-order valence-electron chi connectivity index (χ3n) is 1.21.